The molecule has 0 aliphatic carbocycles. The van der Waals surface area contributed by atoms with E-state index in [4.69, 9.17) is 4.74 Å². The Morgan fingerprint density at radius 3 is 2.42 bits per heavy atom. The van der Waals surface area contributed by atoms with Gasteiger partial charge in [-0.2, -0.15) is 0 Å². The van der Waals surface area contributed by atoms with Crippen LogP contribution in [0.2, 0.25) is 0 Å². The first kappa shape index (κ1) is 16.0. The molecule has 1 atom stereocenters. The van der Waals surface area contributed by atoms with Crippen LogP contribution in [0, 0.1) is 0 Å². The predicted molar refractivity (Wildman–Crippen MR) is 76.4 cm³/mol. The van der Waals surface area contributed by atoms with Gasteiger partial charge in [0.2, 0.25) is 0 Å². The Hall–Kier alpha value is -1.10. The molecule has 4 nitrogen and oxygen atoms in total. The van der Waals surface area contributed by atoms with Gasteiger partial charge in [-0.25, -0.2) is 0 Å². The fourth-order valence-corrected chi connectivity index (χ4v) is 1.91. The van der Waals surface area contributed by atoms with Gasteiger partial charge in [0.1, 0.15) is 18.5 Å². The number of ether oxygens (including phenoxy) is 1. The monoisotopic (exact) mass is 267 g/mol. The summed E-state index contributed by atoms with van der Waals surface area (Å²) < 4.78 is 5.50. The lowest BCUT2D eigenvalue weighted by atomic mass is 10.1. The fourth-order valence-electron chi connectivity index (χ4n) is 1.91. The van der Waals surface area contributed by atoms with E-state index in [1.165, 1.54) is 0 Å². The highest BCUT2D eigenvalue weighted by Gasteiger charge is 2.19. The lowest BCUT2D eigenvalue weighted by molar-refractivity contribution is 0.0115. The number of rotatable bonds is 8. The summed E-state index contributed by atoms with van der Waals surface area (Å²) in [5, 5.41) is 19.7. The van der Waals surface area contributed by atoms with Gasteiger partial charge in [-0.05, 0) is 32.5 Å². The zero-order valence-electron chi connectivity index (χ0n) is 12.0. The molecule has 1 unspecified atom stereocenters. The van der Waals surface area contributed by atoms with Crippen molar-refractivity contribution in [2.24, 2.45) is 0 Å². The van der Waals surface area contributed by atoms with Crippen molar-refractivity contribution in [3.63, 3.8) is 0 Å². The normalized spacial score (nSPS) is 13.6. The third kappa shape index (κ3) is 7.15. The summed E-state index contributed by atoms with van der Waals surface area (Å²) >= 11 is 0. The van der Waals surface area contributed by atoms with E-state index in [0.29, 0.717) is 13.1 Å². The molecule has 0 aliphatic heterocycles. The summed E-state index contributed by atoms with van der Waals surface area (Å²) in [5.74, 6) is 0.757. The average molecular weight is 267 g/mol. The minimum absolute atomic E-state index is 0.256. The second-order valence-corrected chi connectivity index (χ2v) is 5.42. The zero-order valence-corrected chi connectivity index (χ0v) is 12.0. The molecule has 0 fully saturated rings. The number of benzene rings is 1. The number of nitrogens with zero attached hydrogens (tertiary/aromatic N) is 1. The Labute approximate surface area is 115 Å². The van der Waals surface area contributed by atoms with Crippen molar-refractivity contribution in [3.8, 4) is 5.75 Å². The Balaban J connectivity index is 2.35. The number of aliphatic hydroxyl groups excluding tert-OH is 1. The Bertz CT molecular complexity index is 348. The van der Waals surface area contributed by atoms with Gasteiger partial charge in [-0.15, -0.1) is 0 Å². The Kier molecular flexibility index (Phi) is 6.28. The van der Waals surface area contributed by atoms with Gasteiger partial charge in [-0.3, -0.25) is 4.90 Å². The first-order valence-corrected chi connectivity index (χ1v) is 6.71. The molecule has 0 spiro atoms. The molecule has 108 valence electrons. The minimum atomic E-state index is -0.754. The summed E-state index contributed by atoms with van der Waals surface area (Å²) in [6.45, 7) is 7.61. The SMILES string of the molecule is CCN(CC(O)COc1ccccc1)CC(C)(C)O. The van der Waals surface area contributed by atoms with Crippen LogP contribution in [0.4, 0.5) is 0 Å². The lowest BCUT2D eigenvalue weighted by Gasteiger charge is -2.29. The van der Waals surface area contributed by atoms with E-state index in [0.717, 1.165) is 12.3 Å². The van der Waals surface area contributed by atoms with E-state index < -0.39 is 11.7 Å². The predicted octanol–water partition coefficient (Wildman–Crippen LogP) is 1.52. The van der Waals surface area contributed by atoms with Gasteiger partial charge in [0.25, 0.3) is 0 Å². The van der Waals surface area contributed by atoms with E-state index in [1.54, 1.807) is 13.8 Å². The van der Waals surface area contributed by atoms with E-state index in [1.807, 2.05) is 42.2 Å². The van der Waals surface area contributed by atoms with Crippen molar-refractivity contribution in [2.45, 2.75) is 32.5 Å². The van der Waals surface area contributed by atoms with Crippen LogP contribution in [0.3, 0.4) is 0 Å². The molecule has 0 aromatic heterocycles. The van der Waals surface area contributed by atoms with Crippen LogP contribution >= 0.6 is 0 Å². The van der Waals surface area contributed by atoms with Gasteiger partial charge < -0.3 is 14.9 Å². The highest BCUT2D eigenvalue weighted by molar-refractivity contribution is 5.20. The summed E-state index contributed by atoms with van der Waals surface area (Å²) in [7, 11) is 0. The highest BCUT2D eigenvalue weighted by Crippen LogP contribution is 2.09. The molecule has 2 N–H and O–H groups in total. The van der Waals surface area contributed by atoms with Gasteiger partial charge in [0, 0.05) is 13.1 Å². The molecule has 0 saturated heterocycles. The third-order valence-corrected chi connectivity index (χ3v) is 2.71. The minimum Gasteiger partial charge on any atom is -0.491 e. The van der Waals surface area contributed by atoms with Crippen molar-refractivity contribution >= 4 is 0 Å². The van der Waals surface area contributed by atoms with Crippen molar-refractivity contribution in [1.82, 2.24) is 4.90 Å². The molecule has 0 bridgehead atoms. The van der Waals surface area contributed by atoms with Crippen LogP contribution in [-0.2, 0) is 0 Å². The quantitative estimate of drug-likeness (QED) is 0.750. The van der Waals surface area contributed by atoms with Gasteiger partial charge in [-0.1, -0.05) is 25.1 Å². The molecule has 1 rings (SSSR count). The topological polar surface area (TPSA) is 52.9 Å². The molecule has 0 amide bonds. The van der Waals surface area contributed by atoms with Crippen LogP contribution < -0.4 is 4.74 Å². The average Bonchev–Trinajstić information content (AvgIpc) is 2.35. The molecular formula is C15H25NO3. The van der Waals surface area contributed by atoms with E-state index in [9.17, 15) is 10.2 Å². The van der Waals surface area contributed by atoms with Crippen molar-refractivity contribution < 1.29 is 14.9 Å². The number of aliphatic hydroxyl groups is 2. The van der Waals surface area contributed by atoms with Crippen molar-refractivity contribution in [1.29, 1.82) is 0 Å². The maximum Gasteiger partial charge on any atom is 0.119 e. The Morgan fingerprint density at radius 1 is 1.26 bits per heavy atom. The van der Waals surface area contributed by atoms with Gasteiger partial charge >= 0.3 is 0 Å². The Morgan fingerprint density at radius 2 is 1.89 bits per heavy atom. The summed E-state index contributed by atoms with van der Waals surface area (Å²) in [5.41, 5.74) is -0.754. The summed E-state index contributed by atoms with van der Waals surface area (Å²) in [4.78, 5) is 2.01. The molecule has 0 radical (unpaired) electrons. The molecule has 0 heterocycles. The second-order valence-electron chi connectivity index (χ2n) is 5.42. The van der Waals surface area contributed by atoms with Crippen molar-refractivity contribution in [3.05, 3.63) is 30.3 Å². The second kappa shape index (κ2) is 7.48. The van der Waals surface area contributed by atoms with Crippen LogP contribution in [0.15, 0.2) is 30.3 Å². The number of para-hydroxylation sites is 1. The van der Waals surface area contributed by atoms with Gasteiger partial charge in [0.15, 0.2) is 0 Å². The summed E-state index contributed by atoms with van der Waals surface area (Å²) in [6, 6.07) is 9.44. The molecule has 1 aromatic rings. The lowest BCUT2D eigenvalue weighted by Crippen LogP contribution is -2.43. The maximum absolute atomic E-state index is 9.96. The van der Waals surface area contributed by atoms with Crippen LogP contribution in [0.5, 0.6) is 5.75 Å². The number of hydrogen-bond donors (Lipinski definition) is 2. The molecule has 1 aromatic carbocycles. The van der Waals surface area contributed by atoms with E-state index in [-0.39, 0.29) is 6.61 Å². The third-order valence-electron chi connectivity index (χ3n) is 2.71. The molecular weight excluding hydrogens is 242 g/mol. The fraction of sp³-hybridized carbons (Fsp3) is 0.600. The van der Waals surface area contributed by atoms with Gasteiger partial charge in [0.05, 0.1) is 5.60 Å². The number of likely N-dealkylation sites (N-methyl/N-ethyl adjacent to an activating group) is 1. The first-order chi connectivity index (χ1) is 8.90. The highest BCUT2D eigenvalue weighted by atomic mass is 16.5. The largest absolute Gasteiger partial charge is 0.491 e. The zero-order chi connectivity index (χ0) is 14.3. The smallest absolute Gasteiger partial charge is 0.119 e. The van der Waals surface area contributed by atoms with Crippen molar-refractivity contribution in [2.75, 3.05) is 26.2 Å². The molecule has 0 saturated carbocycles. The van der Waals surface area contributed by atoms with E-state index >= 15 is 0 Å². The molecule has 19 heavy (non-hydrogen) atoms. The van der Waals surface area contributed by atoms with E-state index in [2.05, 4.69) is 0 Å². The maximum atomic E-state index is 9.96. The summed E-state index contributed by atoms with van der Waals surface area (Å²) in [6.07, 6.45) is -0.567. The molecule has 0 aliphatic rings. The molecule has 4 heteroatoms. The van der Waals surface area contributed by atoms with Crippen LogP contribution in [0.25, 0.3) is 0 Å². The first-order valence-electron chi connectivity index (χ1n) is 6.71. The van der Waals surface area contributed by atoms with Crippen LogP contribution in [-0.4, -0.2) is 53.1 Å². The standard InChI is InChI=1S/C15H25NO3/c1-4-16(12-15(2,3)18)10-13(17)11-19-14-8-6-5-7-9-14/h5-9,13,17-18H,4,10-12H2,1-3H3. The number of hydrogen-bond acceptors (Lipinski definition) is 4. The van der Waals surface area contributed by atoms with Crippen LogP contribution in [0.1, 0.15) is 20.8 Å².